The number of amides is 2. The average Bonchev–Trinajstić information content (AvgIpc) is 3.33. The molecule has 1 aliphatic rings. The van der Waals surface area contributed by atoms with Crippen molar-refractivity contribution in [3.05, 3.63) is 18.2 Å². The van der Waals surface area contributed by atoms with E-state index < -0.39 is 35.7 Å². The number of imidazole rings is 1. The van der Waals surface area contributed by atoms with Gasteiger partial charge in [-0.1, -0.05) is 0 Å². The first-order valence-electron chi connectivity index (χ1n) is 10.8. The van der Waals surface area contributed by atoms with Crippen molar-refractivity contribution in [2.45, 2.75) is 71.1 Å². The lowest BCUT2D eigenvalue weighted by atomic mass is 9.93. The summed E-state index contributed by atoms with van der Waals surface area (Å²) in [5.74, 6) is -1.73. The third-order valence-electron chi connectivity index (χ3n) is 5.21. The van der Waals surface area contributed by atoms with Crippen molar-refractivity contribution in [3.8, 4) is 0 Å². The Morgan fingerprint density at radius 1 is 1.28 bits per heavy atom. The quantitative estimate of drug-likeness (QED) is 0.598. The molecule has 0 aromatic carbocycles. The van der Waals surface area contributed by atoms with Crippen LogP contribution in [0.15, 0.2) is 12.5 Å². The summed E-state index contributed by atoms with van der Waals surface area (Å²) in [5.41, 5.74) is 0.000391. The van der Waals surface area contributed by atoms with Gasteiger partial charge in [0, 0.05) is 32.6 Å². The number of esters is 1. The summed E-state index contributed by atoms with van der Waals surface area (Å²) >= 11 is 0. The molecule has 10 heteroatoms. The van der Waals surface area contributed by atoms with E-state index in [0.717, 1.165) is 0 Å². The first kappa shape index (κ1) is 25.4. The molecule has 0 unspecified atom stereocenters. The van der Waals surface area contributed by atoms with E-state index in [1.54, 1.807) is 44.8 Å². The van der Waals surface area contributed by atoms with Crippen LogP contribution in [0, 0.1) is 5.92 Å². The lowest BCUT2D eigenvalue weighted by molar-refractivity contribution is -0.148. The zero-order valence-electron chi connectivity index (χ0n) is 19.7. The highest BCUT2D eigenvalue weighted by molar-refractivity contribution is 5.94. The standard InChI is InChI=1S/C22H34N4O6/c1-14(24-21(30)32-22(2,3)4)19(28)26-9-7-8-17(26)18(27)11-15(20(29)31-6)10-16-12-25(5)13-23-16/h12-15,17H,7-11H2,1-6H3,(H,24,30)/t14-,15-,17+/m1/s1. The number of hydrogen-bond acceptors (Lipinski definition) is 7. The maximum absolute atomic E-state index is 13.1. The number of likely N-dealkylation sites (tertiary alicyclic amines) is 1. The molecule has 2 heterocycles. The molecule has 178 valence electrons. The van der Waals surface area contributed by atoms with Crippen LogP contribution >= 0.6 is 0 Å². The van der Waals surface area contributed by atoms with Crippen LogP contribution in [0.1, 0.15) is 52.7 Å². The third kappa shape index (κ3) is 7.06. The van der Waals surface area contributed by atoms with Gasteiger partial charge in [-0.25, -0.2) is 9.78 Å². The second-order valence-electron chi connectivity index (χ2n) is 9.18. The Hall–Kier alpha value is -2.91. The van der Waals surface area contributed by atoms with E-state index in [4.69, 9.17) is 9.47 Å². The van der Waals surface area contributed by atoms with Gasteiger partial charge in [-0.05, 0) is 40.5 Å². The maximum atomic E-state index is 13.1. The van der Waals surface area contributed by atoms with Crippen molar-refractivity contribution >= 4 is 23.8 Å². The van der Waals surface area contributed by atoms with Crippen molar-refractivity contribution in [2.75, 3.05) is 13.7 Å². The molecule has 32 heavy (non-hydrogen) atoms. The number of ketones is 1. The van der Waals surface area contributed by atoms with Gasteiger partial charge >= 0.3 is 12.1 Å². The fraction of sp³-hybridized carbons (Fsp3) is 0.682. The summed E-state index contributed by atoms with van der Waals surface area (Å²) < 4.78 is 11.8. The molecule has 2 amide bonds. The number of nitrogens with zero attached hydrogens (tertiary/aromatic N) is 3. The van der Waals surface area contributed by atoms with Gasteiger partial charge in [-0.3, -0.25) is 14.4 Å². The second-order valence-corrected chi connectivity index (χ2v) is 9.18. The topological polar surface area (TPSA) is 120 Å². The molecule has 10 nitrogen and oxygen atoms in total. The van der Waals surface area contributed by atoms with Crippen LogP contribution in [-0.2, 0) is 37.3 Å². The minimum absolute atomic E-state index is 0.0500. The van der Waals surface area contributed by atoms with Crippen molar-refractivity contribution in [3.63, 3.8) is 0 Å². The minimum Gasteiger partial charge on any atom is -0.469 e. The van der Waals surface area contributed by atoms with Crippen molar-refractivity contribution in [1.82, 2.24) is 19.8 Å². The highest BCUT2D eigenvalue weighted by atomic mass is 16.6. The SMILES string of the molecule is COC(=O)[C@@H](CC(=O)[C@@H]1CCCN1C(=O)[C@@H](C)NC(=O)OC(C)(C)C)Cc1cn(C)cn1. The van der Waals surface area contributed by atoms with E-state index in [0.29, 0.717) is 25.1 Å². The molecule has 1 aromatic rings. The van der Waals surface area contributed by atoms with E-state index in [9.17, 15) is 19.2 Å². The van der Waals surface area contributed by atoms with Crippen LogP contribution in [0.3, 0.4) is 0 Å². The highest BCUT2D eigenvalue weighted by Crippen LogP contribution is 2.23. The molecule has 1 aromatic heterocycles. The van der Waals surface area contributed by atoms with Gasteiger partial charge in [0.15, 0.2) is 5.78 Å². The van der Waals surface area contributed by atoms with E-state index in [2.05, 4.69) is 10.3 Å². The largest absolute Gasteiger partial charge is 0.469 e. The predicted molar refractivity (Wildman–Crippen MR) is 116 cm³/mol. The maximum Gasteiger partial charge on any atom is 0.408 e. The number of carbonyl (C=O) groups is 4. The molecule has 0 spiro atoms. The Balaban J connectivity index is 2.03. The summed E-state index contributed by atoms with van der Waals surface area (Å²) in [6.45, 7) is 7.17. The molecule has 1 fully saturated rings. The van der Waals surface area contributed by atoms with Gasteiger partial charge in [0.2, 0.25) is 5.91 Å². The van der Waals surface area contributed by atoms with Crippen LogP contribution in [0.4, 0.5) is 4.79 Å². The first-order chi connectivity index (χ1) is 14.9. The van der Waals surface area contributed by atoms with Crippen molar-refractivity contribution < 1.29 is 28.7 Å². The highest BCUT2D eigenvalue weighted by Gasteiger charge is 2.38. The fourth-order valence-corrected chi connectivity index (χ4v) is 3.77. The number of rotatable bonds is 8. The predicted octanol–water partition coefficient (Wildman–Crippen LogP) is 1.62. The summed E-state index contributed by atoms with van der Waals surface area (Å²) in [6.07, 6.45) is 4.13. The van der Waals surface area contributed by atoms with Crippen LogP contribution in [0.5, 0.6) is 0 Å². The number of nitrogens with one attached hydrogen (secondary N) is 1. The number of alkyl carbamates (subject to hydrolysis) is 1. The number of carbonyl (C=O) groups excluding carboxylic acids is 4. The minimum atomic E-state index is -0.844. The summed E-state index contributed by atoms with van der Waals surface area (Å²) in [7, 11) is 3.11. The molecule has 0 saturated carbocycles. The van der Waals surface area contributed by atoms with E-state index in [-0.39, 0.29) is 24.5 Å². The lowest BCUT2D eigenvalue weighted by Crippen LogP contribution is -2.51. The summed E-state index contributed by atoms with van der Waals surface area (Å²) in [4.78, 5) is 56.0. The fourth-order valence-electron chi connectivity index (χ4n) is 3.77. The zero-order valence-corrected chi connectivity index (χ0v) is 19.7. The van der Waals surface area contributed by atoms with Gasteiger partial charge in [0.1, 0.15) is 11.6 Å². The van der Waals surface area contributed by atoms with E-state index >= 15 is 0 Å². The van der Waals surface area contributed by atoms with Crippen LogP contribution < -0.4 is 5.32 Å². The molecule has 0 aliphatic carbocycles. The summed E-state index contributed by atoms with van der Waals surface area (Å²) in [5, 5.41) is 2.53. The van der Waals surface area contributed by atoms with Gasteiger partial charge in [0.25, 0.3) is 0 Å². The van der Waals surface area contributed by atoms with Gasteiger partial charge in [0.05, 0.1) is 31.1 Å². The van der Waals surface area contributed by atoms with Crippen molar-refractivity contribution in [1.29, 1.82) is 0 Å². The van der Waals surface area contributed by atoms with E-state index in [1.165, 1.54) is 12.0 Å². The number of methoxy groups -OCH3 is 1. The Bertz CT molecular complexity index is 844. The lowest BCUT2D eigenvalue weighted by Gasteiger charge is -2.28. The van der Waals surface area contributed by atoms with Gasteiger partial charge < -0.3 is 24.3 Å². The van der Waals surface area contributed by atoms with Crippen LogP contribution in [0.2, 0.25) is 0 Å². The van der Waals surface area contributed by atoms with E-state index in [1.807, 2.05) is 7.05 Å². The molecule has 0 bridgehead atoms. The van der Waals surface area contributed by atoms with Crippen molar-refractivity contribution in [2.24, 2.45) is 13.0 Å². The zero-order chi connectivity index (χ0) is 24.1. The molecule has 1 N–H and O–H groups in total. The number of aryl methyl sites for hydroxylation is 1. The Labute approximate surface area is 188 Å². The molecule has 2 rings (SSSR count). The molecule has 1 saturated heterocycles. The molecule has 0 radical (unpaired) electrons. The summed E-state index contributed by atoms with van der Waals surface area (Å²) in [6, 6.07) is -1.48. The Morgan fingerprint density at radius 2 is 1.97 bits per heavy atom. The van der Waals surface area contributed by atoms with Gasteiger partial charge in [-0.2, -0.15) is 0 Å². The Morgan fingerprint density at radius 3 is 2.53 bits per heavy atom. The monoisotopic (exact) mass is 450 g/mol. The molecule has 3 atom stereocenters. The number of aromatic nitrogens is 2. The van der Waals surface area contributed by atoms with Crippen LogP contribution in [-0.4, -0.2) is 69.5 Å². The van der Waals surface area contributed by atoms with Crippen LogP contribution in [0.25, 0.3) is 0 Å². The molecular formula is C22H34N4O6. The number of hydrogen-bond donors (Lipinski definition) is 1. The normalized spacial score (nSPS) is 18.1. The third-order valence-corrected chi connectivity index (χ3v) is 5.21. The average molecular weight is 451 g/mol. The van der Waals surface area contributed by atoms with Gasteiger partial charge in [-0.15, -0.1) is 0 Å². The Kier molecular flexibility index (Phi) is 8.40. The molecular weight excluding hydrogens is 416 g/mol. The molecule has 1 aliphatic heterocycles. The smallest absolute Gasteiger partial charge is 0.408 e. The second kappa shape index (κ2) is 10.6. The first-order valence-corrected chi connectivity index (χ1v) is 10.8. The number of ether oxygens (including phenoxy) is 2. The number of Topliss-reactive ketones (excluding diaryl/α,β-unsaturated/α-hetero) is 1.